The zero-order valence-corrected chi connectivity index (χ0v) is 12.3. The molecule has 0 fully saturated rings. The predicted octanol–water partition coefficient (Wildman–Crippen LogP) is 3.48. The Hall–Kier alpha value is -2.33. The van der Waals surface area contributed by atoms with Crippen molar-refractivity contribution in [2.24, 2.45) is 0 Å². The number of rotatable bonds is 3. The second kappa shape index (κ2) is 5.58. The number of carbonyl (C=O) groups is 1. The van der Waals surface area contributed by atoms with Gasteiger partial charge in [0.05, 0.1) is 17.1 Å². The molecule has 106 valence electrons. The smallest absolute Gasteiger partial charge is 0.230 e. The highest BCUT2D eigenvalue weighted by Gasteiger charge is 2.08. The number of nitrogens with one attached hydrogen (secondary N) is 1. The van der Waals surface area contributed by atoms with Crippen LogP contribution in [0.3, 0.4) is 0 Å². The third-order valence-electron chi connectivity index (χ3n) is 3.11. The number of hydrogen-bond acceptors (Lipinski definition) is 2. The van der Waals surface area contributed by atoms with Crippen LogP contribution in [0.5, 0.6) is 0 Å². The van der Waals surface area contributed by atoms with E-state index in [9.17, 15) is 4.79 Å². The number of benzene rings is 1. The molecular formula is C16H14ClN3O. The van der Waals surface area contributed by atoms with Crippen molar-refractivity contribution in [3.05, 3.63) is 65.1 Å². The summed E-state index contributed by atoms with van der Waals surface area (Å²) in [6, 6.07) is 11.3. The number of pyridine rings is 1. The van der Waals surface area contributed by atoms with Gasteiger partial charge in [-0.2, -0.15) is 0 Å². The van der Waals surface area contributed by atoms with Crippen molar-refractivity contribution in [2.75, 3.05) is 5.32 Å². The number of anilines is 1. The van der Waals surface area contributed by atoms with E-state index in [1.807, 2.05) is 47.9 Å². The zero-order valence-electron chi connectivity index (χ0n) is 11.5. The minimum Gasteiger partial charge on any atom is -0.326 e. The molecule has 2 aromatic heterocycles. The molecule has 1 N–H and O–H groups in total. The maximum absolute atomic E-state index is 12.1. The topological polar surface area (TPSA) is 46.4 Å². The highest BCUT2D eigenvalue weighted by molar-refractivity contribution is 6.30. The van der Waals surface area contributed by atoms with Crippen molar-refractivity contribution < 1.29 is 4.79 Å². The first-order chi connectivity index (χ1) is 10.1. The lowest BCUT2D eigenvalue weighted by Gasteiger charge is -2.04. The van der Waals surface area contributed by atoms with Gasteiger partial charge < -0.3 is 9.72 Å². The molecule has 1 amide bonds. The first-order valence-electron chi connectivity index (χ1n) is 6.60. The maximum atomic E-state index is 12.1. The van der Waals surface area contributed by atoms with Gasteiger partial charge >= 0.3 is 0 Å². The molecule has 4 nitrogen and oxygen atoms in total. The van der Waals surface area contributed by atoms with E-state index >= 15 is 0 Å². The predicted molar refractivity (Wildman–Crippen MR) is 83.7 cm³/mol. The van der Waals surface area contributed by atoms with E-state index < -0.39 is 0 Å². The van der Waals surface area contributed by atoms with Crippen molar-refractivity contribution in [1.29, 1.82) is 0 Å². The van der Waals surface area contributed by atoms with Gasteiger partial charge in [0.1, 0.15) is 5.65 Å². The number of imidazole rings is 1. The van der Waals surface area contributed by atoms with Crippen molar-refractivity contribution in [1.82, 2.24) is 9.38 Å². The Bertz CT molecular complexity index is 810. The van der Waals surface area contributed by atoms with Crippen LogP contribution in [0.1, 0.15) is 11.3 Å². The summed E-state index contributed by atoms with van der Waals surface area (Å²) in [4.78, 5) is 16.4. The van der Waals surface area contributed by atoms with Crippen molar-refractivity contribution in [2.45, 2.75) is 13.3 Å². The molecule has 21 heavy (non-hydrogen) atoms. The number of carbonyl (C=O) groups excluding carboxylic acids is 1. The summed E-state index contributed by atoms with van der Waals surface area (Å²) >= 11 is 5.93. The Kier molecular flexibility index (Phi) is 3.62. The highest BCUT2D eigenvalue weighted by Crippen LogP contribution is 2.13. The van der Waals surface area contributed by atoms with Gasteiger partial charge in [0, 0.05) is 18.1 Å². The molecule has 0 saturated carbocycles. The average Bonchev–Trinajstić information content (AvgIpc) is 2.79. The molecule has 0 radical (unpaired) electrons. The van der Waals surface area contributed by atoms with Crippen LogP contribution in [0.2, 0.25) is 5.02 Å². The normalized spacial score (nSPS) is 10.8. The third kappa shape index (κ3) is 3.23. The first kappa shape index (κ1) is 13.6. The Balaban J connectivity index is 1.74. The molecule has 1 aromatic carbocycles. The van der Waals surface area contributed by atoms with Gasteiger partial charge in [0.25, 0.3) is 0 Å². The molecule has 5 heteroatoms. The SMILES string of the molecule is Cc1cccc(NC(=O)Cc2cn3cc(Cl)ccc3n2)c1. The molecule has 0 bridgehead atoms. The van der Waals surface area contributed by atoms with Gasteiger partial charge in [-0.15, -0.1) is 0 Å². The summed E-state index contributed by atoms with van der Waals surface area (Å²) in [5.74, 6) is -0.0879. The quantitative estimate of drug-likeness (QED) is 0.805. The highest BCUT2D eigenvalue weighted by atomic mass is 35.5. The van der Waals surface area contributed by atoms with E-state index in [1.165, 1.54) is 0 Å². The minimum absolute atomic E-state index is 0.0879. The Morgan fingerprint density at radius 1 is 1.29 bits per heavy atom. The Morgan fingerprint density at radius 2 is 2.14 bits per heavy atom. The van der Waals surface area contributed by atoms with E-state index in [4.69, 9.17) is 11.6 Å². The molecule has 0 unspecified atom stereocenters. The summed E-state index contributed by atoms with van der Waals surface area (Å²) < 4.78 is 1.82. The van der Waals surface area contributed by atoms with E-state index in [0.717, 1.165) is 16.9 Å². The second-order valence-electron chi connectivity index (χ2n) is 4.94. The minimum atomic E-state index is -0.0879. The van der Waals surface area contributed by atoms with E-state index in [-0.39, 0.29) is 12.3 Å². The fourth-order valence-corrected chi connectivity index (χ4v) is 2.36. The van der Waals surface area contributed by atoms with Crippen molar-refractivity contribution in [3.8, 4) is 0 Å². The summed E-state index contributed by atoms with van der Waals surface area (Å²) in [6.07, 6.45) is 3.82. The van der Waals surface area contributed by atoms with Crippen LogP contribution in [0.25, 0.3) is 5.65 Å². The largest absolute Gasteiger partial charge is 0.326 e. The fourth-order valence-electron chi connectivity index (χ4n) is 2.19. The van der Waals surface area contributed by atoms with Crippen LogP contribution in [0.15, 0.2) is 48.8 Å². The lowest BCUT2D eigenvalue weighted by molar-refractivity contribution is -0.115. The molecule has 0 aliphatic heterocycles. The monoisotopic (exact) mass is 299 g/mol. The number of nitrogens with zero attached hydrogens (tertiary/aromatic N) is 2. The summed E-state index contributed by atoms with van der Waals surface area (Å²) in [5.41, 5.74) is 3.39. The summed E-state index contributed by atoms with van der Waals surface area (Å²) in [5, 5.41) is 3.51. The maximum Gasteiger partial charge on any atom is 0.230 e. The lowest BCUT2D eigenvalue weighted by atomic mass is 10.2. The first-order valence-corrected chi connectivity index (χ1v) is 6.97. The molecule has 0 atom stereocenters. The van der Waals surface area contributed by atoms with Gasteiger partial charge in [-0.1, -0.05) is 23.7 Å². The average molecular weight is 300 g/mol. The number of halogens is 1. The van der Waals surface area contributed by atoms with Gasteiger partial charge in [0.15, 0.2) is 0 Å². The number of fused-ring (bicyclic) bond motifs is 1. The van der Waals surface area contributed by atoms with Crippen molar-refractivity contribution >= 4 is 28.8 Å². The van der Waals surface area contributed by atoms with Crippen LogP contribution < -0.4 is 5.32 Å². The Morgan fingerprint density at radius 3 is 2.95 bits per heavy atom. The van der Waals surface area contributed by atoms with Gasteiger partial charge in [-0.3, -0.25) is 4.79 Å². The molecule has 0 spiro atoms. The molecule has 3 rings (SSSR count). The van der Waals surface area contributed by atoms with Crippen molar-refractivity contribution in [3.63, 3.8) is 0 Å². The van der Waals surface area contributed by atoms with Gasteiger partial charge in [-0.25, -0.2) is 4.98 Å². The number of aromatic nitrogens is 2. The zero-order chi connectivity index (χ0) is 14.8. The van der Waals surface area contributed by atoms with Crippen LogP contribution in [-0.2, 0) is 11.2 Å². The van der Waals surface area contributed by atoms with Crippen LogP contribution >= 0.6 is 11.6 Å². The second-order valence-corrected chi connectivity index (χ2v) is 5.38. The van der Waals surface area contributed by atoms with Crippen LogP contribution in [0, 0.1) is 6.92 Å². The van der Waals surface area contributed by atoms with E-state index in [2.05, 4.69) is 10.3 Å². The number of amides is 1. The lowest BCUT2D eigenvalue weighted by Crippen LogP contribution is -2.14. The fraction of sp³-hybridized carbons (Fsp3) is 0.125. The summed E-state index contributed by atoms with van der Waals surface area (Å²) in [7, 11) is 0. The molecule has 3 aromatic rings. The molecule has 2 heterocycles. The molecule has 0 saturated heterocycles. The summed E-state index contributed by atoms with van der Waals surface area (Å²) in [6.45, 7) is 1.99. The van der Waals surface area contributed by atoms with Gasteiger partial charge in [-0.05, 0) is 36.8 Å². The van der Waals surface area contributed by atoms with E-state index in [0.29, 0.717) is 10.7 Å². The Labute approximate surface area is 127 Å². The molecule has 0 aliphatic rings. The van der Waals surface area contributed by atoms with E-state index in [1.54, 1.807) is 12.3 Å². The standard InChI is InChI=1S/C16H14ClN3O/c1-11-3-2-4-13(7-11)19-16(21)8-14-10-20-9-12(17)5-6-15(20)18-14/h2-7,9-10H,8H2,1H3,(H,19,21). The van der Waals surface area contributed by atoms with Crippen LogP contribution in [0.4, 0.5) is 5.69 Å². The number of hydrogen-bond donors (Lipinski definition) is 1. The van der Waals surface area contributed by atoms with Crippen LogP contribution in [-0.4, -0.2) is 15.3 Å². The molecule has 0 aliphatic carbocycles. The molecular weight excluding hydrogens is 286 g/mol. The number of aryl methyl sites for hydroxylation is 1. The van der Waals surface area contributed by atoms with Gasteiger partial charge in [0.2, 0.25) is 5.91 Å². The third-order valence-corrected chi connectivity index (χ3v) is 3.33.